The van der Waals surface area contributed by atoms with Crippen molar-refractivity contribution in [3.63, 3.8) is 0 Å². The second kappa shape index (κ2) is 8.29. The summed E-state index contributed by atoms with van der Waals surface area (Å²) in [5.74, 6) is -0.826. The van der Waals surface area contributed by atoms with Crippen LogP contribution in [0.1, 0.15) is 48.5 Å². The maximum atomic E-state index is 13.3. The molecular weight excluding hydrogens is 456 g/mol. The number of hydroxylamine groups is 2. The van der Waals surface area contributed by atoms with E-state index in [-0.39, 0.29) is 6.10 Å². The lowest BCUT2D eigenvalue weighted by molar-refractivity contribution is -0.274. The molecule has 5 rings (SSSR count). The van der Waals surface area contributed by atoms with Crippen LogP contribution in [-0.2, 0) is 28.5 Å². The fraction of sp³-hybridized carbons (Fsp3) is 0.720. The molecule has 1 aromatic rings. The van der Waals surface area contributed by atoms with Crippen LogP contribution in [0.4, 0.5) is 10.5 Å². The summed E-state index contributed by atoms with van der Waals surface area (Å²) >= 11 is 0. The number of carbonyl (C=O) groups excluding carboxylic acids is 1. The third-order valence-corrected chi connectivity index (χ3v) is 6.70. The predicted octanol–water partition coefficient (Wildman–Crippen LogP) is 3.64. The monoisotopic (exact) mass is 492 g/mol. The van der Waals surface area contributed by atoms with Gasteiger partial charge in [-0.25, -0.2) is 4.79 Å². The molecule has 0 bridgehead atoms. The highest BCUT2D eigenvalue weighted by Gasteiger charge is 2.64. The summed E-state index contributed by atoms with van der Waals surface area (Å²) in [5.41, 5.74) is 0.301. The van der Waals surface area contributed by atoms with Crippen molar-refractivity contribution < 1.29 is 38.1 Å². The van der Waals surface area contributed by atoms with Crippen molar-refractivity contribution in [3.8, 4) is 5.75 Å². The molecule has 1 aromatic carbocycles. The molecule has 194 valence electrons. The molecule has 0 aromatic heterocycles. The Labute approximate surface area is 206 Å². The molecule has 1 amide bonds. The van der Waals surface area contributed by atoms with Gasteiger partial charge in [-0.15, -0.1) is 0 Å². The van der Waals surface area contributed by atoms with E-state index in [9.17, 15) is 4.79 Å². The van der Waals surface area contributed by atoms with E-state index in [0.717, 1.165) is 0 Å². The SMILES string of the molecule is COc1ccc(N2C(=O)ON([C@@H]3O[C@H]([C@H]4COC(C)(C)O4)[C@@H]4OC(C)(C)O[C@@H]43)C2C(C)(C)C)cc1. The van der Waals surface area contributed by atoms with Gasteiger partial charge in [-0.3, -0.25) is 4.90 Å². The van der Waals surface area contributed by atoms with Gasteiger partial charge in [0.15, 0.2) is 17.8 Å². The molecule has 0 saturated carbocycles. The molecule has 0 aliphatic carbocycles. The lowest BCUT2D eigenvalue weighted by Gasteiger charge is -2.39. The van der Waals surface area contributed by atoms with Crippen LogP contribution in [0.15, 0.2) is 24.3 Å². The third-order valence-electron chi connectivity index (χ3n) is 6.70. The van der Waals surface area contributed by atoms with E-state index in [0.29, 0.717) is 18.0 Å². The molecule has 0 radical (unpaired) electrons. The number of anilines is 1. The van der Waals surface area contributed by atoms with Crippen molar-refractivity contribution in [2.45, 2.75) is 96.8 Å². The van der Waals surface area contributed by atoms with E-state index in [4.69, 9.17) is 33.3 Å². The largest absolute Gasteiger partial charge is 0.497 e. The molecule has 0 spiro atoms. The summed E-state index contributed by atoms with van der Waals surface area (Å²) in [6.07, 6.45) is -3.36. The number of carbonyl (C=O) groups is 1. The molecule has 1 unspecified atom stereocenters. The summed E-state index contributed by atoms with van der Waals surface area (Å²) in [5, 5.41) is 1.62. The molecule has 10 nitrogen and oxygen atoms in total. The molecule has 6 atom stereocenters. The van der Waals surface area contributed by atoms with Crippen LogP contribution < -0.4 is 9.64 Å². The van der Waals surface area contributed by atoms with Crippen molar-refractivity contribution >= 4 is 11.8 Å². The zero-order chi connectivity index (χ0) is 25.3. The van der Waals surface area contributed by atoms with Gasteiger partial charge in [0.25, 0.3) is 0 Å². The molecule has 4 saturated heterocycles. The number of hydrogen-bond donors (Lipinski definition) is 0. The van der Waals surface area contributed by atoms with E-state index >= 15 is 0 Å². The standard InChI is InChI=1S/C25H36N2O8/c1-23(2,3)21-26(14-9-11-15(29-8)12-10-14)22(28)35-27(21)20-19-18(33-25(6,7)34-19)17(31-20)16-13-30-24(4,5)32-16/h9-12,16-21H,13H2,1-8H3/t16-,17-,18+,19+,20-,21?/m1/s1. The Bertz CT molecular complexity index is 959. The number of methoxy groups -OCH3 is 1. The first kappa shape index (κ1) is 24.7. The van der Waals surface area contributed by atoms with Gasteiger partial charge in [-0.1, -0.05) is 25.8 Å². The normalized spacial score (nSPS) is 36.5. The summed E-state index contributed by atoms with van der Waals surface area (Å²) in [6.45, 7) is 14.0. The van der Waals surface area contributed by atoms with Crippen LogP contribution in [0.5, 0.6) is 5.75 Å². The first-order valence-corrected chi connectivity index (χ1v) is 12.1. The first-order valence-electron chi connectivity index (χ1n) is 12.1. The van der Waals surface area contributed by atoms with Gasteiger partial charge in [0.2, 0.25) is 0 Å². The molecule has 4 aliphatic heterocycles. The number of amides is 1. The average molecular weight is 493 g/mol. The molecule has 4 aliphatic rings. The van der Waals surface area contributed by atoms with Crippen molar-refractivity contribution in [1.82, 2.24) is 5.06 Å². The molecule has 4 heterocycles. The number of fused-ring (bicyclic) bond motifs is 1. The Kier molecular flexibility index (Phi) is 5.86. The smallest absolute Gasteiger partial charge is 0.435 e. The van der Waals surface area contributed by atoms with Crippen LogP contribution in [0.25, 0.3) is 0 Å². The lowest BCUT2D eigenvalue weighted by atomic mass is 9.90. The molecule has 35 heavy (non-hydrogen) atoms. The minimum atomic E-state index is -0.818. The van der Waals surface area contributed by atoms with Crippen LogP contribution >= 0.6 is 0 Å². The summed E-state index contributed by atoms with van der Waals surface area (Å²) < 4.78 is 36.3. The molecule has 10 heteroatoms. The van der Waals surface area contributed by atoms with Crippen molar-refractivity contribution in [2.24, 2.45) is 5.41 Å². The van der Waals surface area contributed by atoms with Gasteiger partial charge in [0, 0.05) is 5.69 Å². The highest BCUT2D eigenvalue weighted by atomic mass is 16.8. The number of hydrogen-bond acceptors (Lipinski definition) is 9. The Morgan fingerprint density at radius 3 is 2.17 bits per heavy atom. The zero-order valence-electron chi connectivity index (χ0n) is 21.6. The van der Waals surface area contributed by atoms with E-state index in [1.54, 1.807) is 17.1 Å². The number of nitrogens with zero attached hydrogens (tertiary/aromatic N) is 2. The minimum Gasteiger partial charge on any atom is -0.497 e. The number of rotatable bonds is 4. The van der Waals surface area contributed by atoms with Gasteiger partial charge in [-0.05, 0) is 57.4 Å². The second-order valence-electron chi connectivity index (χ2n) is 11.4. The topological polar surface area (TPSA) is 88.2 Å². The first-order chi connectivity index (χ1) is 16.3. The van der Waals surface area contributed by atoms with Crippen molar-refractivity contribution in [3.05, 3.63) is 24.3 Å². The Morgan fingerprint density at radius 1 is 0.943 bits per heavy atom. The Morgan fingerprint density at radius 2 is 1.60 bits per heavy atom. The third kappa shape index (κ3) is 4.41. The molecule has 4 fully saturated rings. The average Bonchev–Trinajstić information content (AvgIpc) is 3.47. The fourth-order valence-electron chi connectivity index (χ4n) is 5.34. The van der Waals surface area contributed by atoms with Gasteiger partial charge in [0.1, 0.15) is 36.3 Å². The Balaban J connectivity index is 1.47. The van der Waals surface area contributed by atoms with Gasteiger partial charge >= 0.3 is 6.09 Å². The Hall–Kier alpha value is -1.95. The zero-order valence-corrected chi connectivity index (χ0v) is 21.6. The maximum absolute atomic E-state index is 13.3. The van der Waals surface area contributed by atoms with Crippen LogP contribution in [0.3, 0.4) is 0 Å². The summed E-state index contributed by atoms with van der Waals surface area (Å²) in [4.78, 5) is 20.8. The van der Waals surface area contributed by atoms with Crippen LogP contribution in [0.2, 0.25) is 0 Å². The van der Waals surface area contributed by atoms with Crippen molar-refractivity contribution in [1.29, 1.82) is 0 Å². The van der Waals surface area contributed by atoms with Gasteiger partial charge in [-0.2, -0.15) is 0 Å². The van der Waals surface area contributed by atoms with E-state index in [1.165, 1.54) is 0 Å². The van der Waals surface area contributed by atoms with Crippen LogP contribution in [-0.4, -0.2) is 73.3 Å². The maximum Gasteiger partial charge on any atom is 0.435 e. The highest BCUT2D eigenvalue weighted by molar-refractivity contribution is 5.90. The molecule has 0 N–H and O–H groups in total. The summed E-state index contributed by atoms with van der Waals surface area (Å²) in [6, 6.07) is 7.32. The lowest BCUT2D eigenvalue weighted by Crippen LogP contribution is -2.54. The van der Waals surface area contributed by atoms with E-state index in [2.05, 4.69) is 20.8 Å². The second-order valence-corrected chi connectivity index (χ2v) is 11.4. The van der Waals surface area contributed by atoms with E-state index < -0.39 is 53.8 Å². The van der Waals surface area contributed by atoms with Gasteiger partial charge in [0.05, 0.1) is 13.7 Å². The van der Waals surface area contributed by atoms with Crippen molar-refractivity contribution in [2.75, 3.05) is 18.6 Å². The van der Waals surface area contributed by atoms with Crippen LogP contribution in [0, 0.1) is 5.41 Å². The number of ether oxygens (including phenoxy) is 6. The van der Waals surface area contributed by atoms with Gasteiger partial charge < -0.3 is 33.3 Å². The number of benzene rings is 1. The predicted molar refractivity (Wildman–Crippen MR) is 124 cm³/mol. The fourth-order valence-corrected chi connectivity index (χ4v) is 5.34. The quantitative estimate of drug-likeness (QED) is 0.625. The summed E-state index contributed by atoms with van der Waals surface area (Å²) in [7, 11) is 1.61. The molecular formula is C25H36N2O8. The minimum absolute atomic E-state index is 0.343. The van der Waals surface area contributed by atoms with E-state index in [1.807, 2.05) is 52.0 Å². The highest BCUT2D eigenvalue weighted by Crippen LogP contribution is 2.47.